The number of aromatic nitrogens is 3. The van der Waals surface area contributed by atoms with Crippen LogP contribution in [0.2, 0.25) is 0 Å². The van der Waals surface area contributed by atoms with Gasteiger partial charge in [0, 0.05) is 85.5 Å². The zero-order valence-electron chi connectivity index (χ0n) is 27.8. The number of nitrogens with zero attached hydrogens (tertiary/aromatic N) is 7. The second-order valence-electron chi connectivity index (χ2n) is 13.7. The molecule has 10 nitrogen and oxygen atoms in total. The van der Waals surface area contributed by atoms with Gasteiger partial charge in [-0.2, -0.15) is 23.4 Å². The Morgan fingerprint density at radius 1 is 1.08 bits per heavy atom. The van der Waals surface area contributed by atoms with E-state index in [0.29, 0.717) is 27.0 Å². The molecule has 3 aromatic heterocycles. The highest BCUT2D eigenvalue weighted by Gasteiger charge is 2.35. The molecular weight excluding hydrogens is 672 g/mol. The van der Waals surface area contributed by atoms with Crippen molar-refractivity contribution in [3.63, 3.8) is 0 Å². The van der Waals surface area contributed by atoms with E-state index in [9.17, 15) is 22.6 Å². The average molecular weight is 714 g/mol. The van der Waals surface area contributed by atoms with E-state index in [1.807, 2.05) is 6.07 Å². The van der Waals surface area contributed by atoms with Crippen LogP contribution in [0.5, 0.6) is 0 Å². The molecule has 1 saturated carbocycles. The number of aryl methyl sites for hydroxylation is 1. The maximum Gasteiger partial charge on any atom is 0.393 e. The minimum atomic E-state index is -4.29. The summed E-state index contributed by atoms with van der Waals surface area (Å²) in [6, 6.07) is 10.7. The number of nitrogens with two attached hydrogens (primary N) is 1. The molecule has 1 unspecified atom stereocenters. The van der Waals surface area contributed by atoms with Crippen LogP contribution in [0.4, 0.5) is 24.9 Å². The lowest BCUT2D eigenvalue weighted by atomic mass is 10.0. The topological polar surface area (TPSA) is 119 Å². The molecule has 0 spiro atoms. The first-order valence-electron chi connectivity index (χ1n) is 17.0. The Morgan fingerprint density at radius 2 is 1.82 bits per heavy atom. The van der Waals surface area contributed by atoms with Crippen molar-refractivity contribution in [1.29, 1.82) is 5.26 Å². The number of piperazine rings is 1. The molecule has 15 heteroatoms. The molecule has 262 valence electrons. The summed E-state index contributed by atoms with van der Waals surface area (Å²) in [7, 11) is -0.842. The van der Waals surface area contributed by atoms with E-state index in [1.54, 1.807) is 0 Å². The third-order valence-corrected chi connectivity index (χ3v) is 13.1. The standard InChI is InChI=1S/C34H42F3N9OS2/c1-21(44-11-13-45(14-12-44)49(47)27-4-5-27)19-46-25(18-38)15-28-22(2)23(3-6-30(28)46)20-43-9-7-24(8-10-43)40-31-29-16-26(17-34(35,36)37)48-32(29)42-33(39)41-31/h3,6,15-16,21,24,27H,4-5,7-14,17,19-20H2,1-2H3,(H3,39,40,41,42)/t21-,49?/m0/s1. The molecular formula is C34H42F3N9OS2. The summed E-state index contributed by atoms with van der Waals surface area (Å²) in [5, 5.41) is 15.6. The molecule has 2 aliphatic heterocycles. The monoisotopic (exact) mass is 713 g/mol. The lowest BCUT2D eigenvalue weighted by molar-refractivity contribution is -0.126. The predicted molar refractivity (Wildman–Crippen MR) is 189 cm³/mol. The van der Waals surface area contributed by atoms with E-state index >= 15 is 0 Å². The third-order valence-electron chi connectivity index (χ3n) is 10.1. The zero-order chi connectivity index (χ0) is 34.4. The van der Waals surface area contributed by atoms with Crippen LogP contribution in [0, 0.1) is 18.3 Å². The number of piperidine rings is 1. The van der Waals surface area contributed by atoms with Gasteiger partial charge in [0.1, 0.15) is 22.4 Å². The summed E-state index contributed by atoms with van der Waals surface area (Å²) in [6.45, 7) is 11.0. The van der Waals surface area contributed by atoms with Crippen molar-refractivity contribution in [2.24, 2.45) is 0 Å². The highest BCUT2D eigenvalue weighted by molar-refractivity contribution is 7.83. The number of benzene rings is 1. The molecule has 2 saturated heterocycles. The van der Waals surface area contributed by atoms with Crippen LogP contribution in [-0.4, -0.2) is 95.6 Å². The van der Waals surface area contributed by atoms with Crippen molar-refractivity contribution < 1.29 is 17.4 Å². The van der Waals surface area contributed by atoms with Crippen molar-refractivity contribution in [3.05, 3.63) is 46.0 Å². The van der Waals surface area contributed by atoms with Gasteiger partial charge >= 0.3 is 6.18 Å². The number of anilines is 2. The van der Waals surface area contributed by atoms with Crippen LogP contribution in [0.3, 0.4) is 0 Å². The SMILES string of the molecule is Cc1c(CN2CCC(Nc3nc(N)nc4sc(CC(F)(F)F)cc34)CC2)ccc2c1cc(C#N)n2C[C@H](C)N1CCN(S(=O)C2CC2)CC1. The van der Waals surface area contributed by atoms with Gasteiger partial charge in [-0.3, -0.25) is 9.80 Å². The third kappa shape index (κ3) is 7.58. The van der Waals surface area contributed by atoms with E-state index in [1.165, 1.54) is 17.2 Å². The molecule has 1 aliphatic carbocycles. The highest BCUT2D eigenvalue weighted by Crippen LogP contribution is 2.35. The Hall–Kier alpha value is -3.29. The van der Waals surface area contributed by atoms with E-state index in [2.05, 4.69) is 66.0 Å². The second kappa shape index (κ2) is 13.8. The van der Waals surface area contributed by atoms with Gasteiger partial charge in [-0.05, 0) is 68.9 Å². The quantitative estimate of drug-likeness (QED) is 0.224. The van der Waals surface area contributed by atoms with E-state index in [4.69, 9.17) is 5.73 Å². The summed E-state index contributed by atoms with van der Waals surface area (Å²) in [4.78, 5) is 14.0. The molecule has 7 rings (SSSR count). The van der Waals surface area contributed by atoms with Gasteiger partial charge in [0.05, 0.1) is 22.8 Å². The fourth-order valence-corrected chi connectivity index (χ4v) is 9.77. The normalized spacial score (nSPS) is 20.2. The molecule has 5 heterocycles. The van der Waals surface area contributed by atoms with Gasteiger partial charge < -0.3 is 15.6 Å². The first-order valence-corrected chi connectivity index (χ1v) is 19.0. The fraction of sp³-hybridized carbons (Fsp3) is 0.559. The van der Waals surface area contributed by atoms with Gasteiger partial charge in [-0.1, -0.05) is 6.07 Å². The minimum absolute atomic E-state index is 0.0438. The van der Waals surface area contributed by atoms with Gasteiger partial charge in [-0.15, -0.1) is 11.3 Å². The van der Waals surface area contributed by atoms with Crippen molar-refractivity contribution in [2.45, 2.75) is 82.6 Å². The predicted octanol–water partition coefficient (Wildman–Crippen LogP) is 5.42. The van der Waals surface area contributed by atoms with E-state index in [0.717, 1.165) is 100 Å². The smallest absolute Gasteiger partial charge is 0.368 e. The fourth-order valence-electron chi connectivity index (χ4n) is 7.22. The van der Waals surface area contributed by atoms with Gasteiger partial charge in [0.15, 0.2) is 0 Å². The van der Waals surface area contributed by atoms with Crippen molar-refractivity contribution in [2.75, 3.05) is 50.3 Å². The van der Waals surface area contributed by atoms with Gasteiger partial charge in [0.2, 0.25) is 5.95 Å². The number of fused-ring (bicyclic) bond motifs is 2. The summed E-state index contributed by atoms with van der Waals surface area (Å²) in [6.07, 6.45) is -1.42. The number of halogens is 3. The molecule has 2 atom stereocenters. The van der Waals surface area contributed by atoms with Crippen LogP contribution in [0.1, 0.15) is 54.3 Å². The largest absolute Gasteiger partial charge is 0.393 e. The van der Waals surface area contributed by atoms with Crippen LogP contribution < -0.4 is 11.1 Å². The van der Waals surface area contributed by atoms with E-state index in [-0.39, 0.29) is 22.9 Å². The molecule has 3 N–H and O–H groups in total. The van der Waals surface area contributed by atoms with Crippen molar-refractivity contribution >= 4 is 55.2 Å². The number of rotatable bonds is 10. The Balaban J connectivity index is 0.976. The molecule has 3 aliphatic rings. The van der Waals surface area contributed by atoms with Crippen LogP contribution in [-0.2, 0) is 30.5 Å². The van der Waals surface area contributed by atoms with Crippen molar-refractivity contribution in [1.82, 2.24) is 28.6 Å². The lowest BCUT2D eigenvalue weighted by Gasteiger charge is -2.37. The number of likely N-dealkylation sites (tertiary alicyclic amines) is 1. The number of nitrogens with one attached hydrogen (secondary N) is 1. The summed E-state index contributed by atoms with van der Waals surface area (Å²) in [5.41, 5.74) is 10.1. The summed E-state index contributed by atoms with van der Waals surface area (Å²) in [5.74, 6) is 0.536. The number of alkyl halides is 3. The Bertz CT molecular complexity index is 1900. The lowest BCUT2D eigenvalue weighted by Crippen LogP contribution is -2.51. The molecule has 1 aromatic carbocycles. The van der Waals surface area contributed by atoms with Crippen molar-refractivity contribution in [3.8, 4) is 6.07 Å². The Morgan fingerprint density at radius 3 is 2.49 bits per heavy atom. The highest BCUT2D eigenvalue weighted by atomic mass is 32.2. The number of nitriles is 1. The first-order chi connectivity index (χ1) is 23.5. The number of hydrogen-bond acceptors (Lipinski definition) is 9. The van der Waals surface area contributed by atoms with Gasteiger partial charge in [0.25, 0.3) is 0 Å². The van der Waals surface area contributed by atoms with Crippen LogP contribution in [0.15, 0.2) is 24.3 Å². The minimum Gasteiger partial charge on any atom is -0.368 e. The Kier molecular flexibility index (Phi) is 9.62. The van der Waals surface area contributed by atoms with Crippen LogP contribution in [0.25, 0.3) is 21.1 Å². The molecule has 0 amide bonds. The van der Waals surface area contributed by atoms with Gasteiger partial charge in [-0.25, -0.2) is 13.5 Å². The van der Waals surface area contributed by atoms with Crippen LogP contribution >= 0.6 is 11.3 Å². The first kappa shape index (κ1) is 34.2. The zero-order valence-corrected chi connectivity index (χ0v) is 29.4. The maximum absolute atomic E-state index is 13.0. The Labute approximate surface area is 290 Å². The molecule has 49 heavy (non-hydrogen) atoms. The number of nitrogen functional groups attached to an aromatic ring is 1. The molecule has 3 fully saturated rings. The number of hydrogen-bond donors (Lipinski definition) is 2. The second-order valence-corrected chi connectivity index (χ2v) is 16.5. The maximum atomic E-state index is 13.0. The molecule has 4 aromatic rings. The summed E-state index contributed by atoms with van der Waals surface area (Å²) >= 11 is 1.00. The average Bonchev–Trinajstić information content (AvgIpc) is 3.75. The molecule has 0 bridgehead atoms. The molecule has 0 radical (unpaired) electrons. The summed E-state index contributed by atoms with van der Waals surface area (Å²) < 4.78 is 55.9. The number of thiophene rings is 1. The van der Waals surface area contributed by atoms with E-state index < -0.39 is 23.6 Å².